The average Bonchev–Trinajstić information content (AvgIpc) is 3.19. The molecule has 31 heavy (non-hydrogen) atoms. The summed E-state index contributed by atoms with van der Waals surface area (Å²) in [5.74, 6) is -1.84. The molecule has 1 atom stereocenters. The fraction of sp³-hybridized carbons (Fsp3) is 0.200. The van der Waals surface area contributed by atoms with Gasteiger partial charge < -0.3 is 5.32 Å². The van der Waals surface area contributed by atoms with Gasteiger partial charge in [0.25, 0.3) is 5.91 Å². The molecule has 1 N–H and O–H groups in total. The lowest BCUT2D eigenvalue weighted by Gasteiger charge is -2.11. The maximum Gasteiger partial charge on any atom is 0.251 e. The van der Waals surface area contributed by atoms with Crippen molar-refractivity contribution in [2.75, 3.05) is 6.54 Å². The third kappa shape index (κ3) is 4.78. The molecule has 1 aliphatic rings. The summed E-state index contributed by atoms with van der Waals surface area (Å²) in [7, 11) is 0. The monoisotopic (exact) mass is 434 g/mol. The first kappa shape index (κ1) is 21.1. The Morgan fingerprint density at radius 2 is 1.94 bits per heavy atom. The molecule has 0 saturated carbocycles. The number of benzene rings is 3. The molecule has 1 unspecified atom stereocenters. The second-order valence-corrected chi connectivity index (χ2v) is 8.77. The number of nitrogens with zero attached hydrogens (tertiary/aromatic N) is 1. The highest BCUT2D eigenvalue weighted by molar-refractivity contribution is 8.00. The van der Waals surface area contributed by atoms with Crippen LogP contribution in [-0.2, 0) is 12.8 Å². The summed E-state index contributed by atoms with van der Waals surface area (Å²) in [5, 5.41) is 11.6. The van der Waals surface area contributed by atoms with Gasteiger partial charge in [-0.1, -0.05) is 30.3 Å². The lowest BCUT2D eigenvalue weighted by atomic mass is 9.94. The number of hydrogen-bond donors (Lipinski definition) is 1. The van der Waals surface area contributed by atoms with Crippen LogP contribution in [0.2, 0.25) is 0 Å². The van der Waals surface area contributed by atoms with Gasteiger partial charge in [-0.3, -0.25) is 4.79 Å². The Morgan fingerprint density at radius 1 is 1.10 bits per heavy atom. The fourth-order valence-electron chi connectivity index (χ4n) is 3.81. The molecule has 1 amide bonds. The van der Waals surface area contributed by atoms with Crippen molar-refractivity contribution in [2.45, 2.75) is 29.4 Å². The predicted octanol–water partition coefficient (Wildman–Crippen LogP) is 5.53. The van der Waals surface area contributed by atoms with Crippen LogP contribution in [0.4, 0.5) is 8.78 Å². The molecule has 1 aliphatic heterocycles. The van der Waals surface area contributed by atoms with E-state index < -0.39 is 11.6 Å². The van der Waals surface area contributed by atoms with Crippen molar-refractivity contribution in [3.8, 4) is 17.2 Å². The number of amides is 1. The van der Waals surface area contributed by atoms with Crippen molar-refractivity contribution in [3.05, 3.63) is 89.0 Å². The zero-order valence-corrected chi connectivity index (χ0v) is 17.5. The van der Waals surface area contributed by atoms with Crippen molar-refractivity contribution in [1.29, 1.82) is 5.26 Å². The Morgan fingerprint density at radius 3 is 2.74 bits per heavy atom. The third-order valence-corrected chi connectivity index (χ3v) is 6.57. The van der Waals surface area contributed by atoms with Crippen molar-refractivity contribution < 1.29 is 13.6 Å². The van der Waals surface area contributed by atoms with Crippen molar-refractivity contribution in [3.63, 3.8) is 0 Å². The SMILES string of the molecule is N#CCCNC(=O)c1cccc(-c2cccc3c2CC(Cc2ccc(F)c(F)c2)S3)c1. The van der Waals surface area contributed by atoms with Crippen LogP contribution in [0.25, 0.3) is 11.1 Å². The molecule has 0 bridgehead atoms. The van der Waals surface area contributed by atoms with Gasteiger partial charge in [-0.05, 0) is 65.4 Å². The number of thioether (sulfide) groups is 1. The average molecular weight is 435 g/mol. The zero-order chi connectivity index (χ0) is 21.8. The molecular formula is C25H20F2N2OS. The van der Waals surface area contributed by atoms with E-state index in [2.05, 4.69) is 11.4 Å². The lowest BCUT2D eigenvalue weighted by molar-refractivity contribution is 0.0954. The van der Waals surface area contributed by atoms with Crippen LogP contribution in [0, 0.1) is 23.0 Å². The molecule has 156 valence electrons. The Hall–Kier alpha value is -3.17. The molecule has 0 fully saturated rings. The van der Waals surface area contributed by atoms with Crippen LogP contribution < -0.4 is 5.32 Å². The van der Waals surface area contributed by atoms with E-state index in [1.165, 1.54) is 22.6 Å². The molecule has 0 aromatic heterocycles. The van der Waals surface area contributed by atoms with Gasteiger partial charge in [0.1, 0.15) is 0 Å². The second kappa shape index (κ2) is 9.32. The fourth-order valence-corrected chi connectivity index (χ4v) is 5.19. The van der Waals surface area contributed by atoms with Crippen LogP contribution in [0.15, 0.2) is 65.6 Å². The highest BCUT2D eigenvalue weighted by atomic mass is 32.2. The standard InChI is InChI=1S/C25H20F2N2OS/c26-22-9-8-16(13-23(22)27)12-19-15-21-20(6-2-7-24(21)31-19)17-4-1-5-18(14-17)25(30)29-11-3-10-28/h1-2,4-9,13-14,19H,3,11-12,15H2,(H,29,30). The quantitative estimate of drug-likeness (QED) is 0.519. The molecule has 0 saturated heterocycles. The van der Waals surface area contributed by atoms with Crippen LogP contribution in [0.3, 0.4) is 0 Å². The number of nitrogens with one attached hydrogen (secondary N) is 1. The third-order valence-electron chi connectivity index (χ3n) is 5.26. The summed E-state index contributed by atoms with van der Waals surface area (Å²) in [5.41, 5.74) is 4.57. The minimum atomic E-state index is -0.829. The highest BCUT2D eigenvalue weighted by Crippen LogP contribution is 2.43. The Kier molecular flexibility index (Phi) is 6.34. The van der Waals surface area contributed by atoms with Gasteiger partial charge in [0.05, 0.1) is 12.5 Å². The van der Waals surface area contributed by atoms with E-state index in [0.717, 1.165) is 23.1 Å². The molecule has 0 radical (unpaired) electrons. The van der Waals surface area contributed by atoms with Gasteiger partial charge in [0.2, 0.25) is 0 Å². The molecule has 0 spiro atoms. The number of hydrogen-bond acceptors (Lipinski definition) is 3. The maximum absolute atomic E-state index is 13.6. The topological polar surface area (TPSA) is 52.9 Å². The first-order valence-electron chi connectivity index (χ1n) is 10.0. The number of halogens is 2. The van der Waals surface area contributed by atoms with Crippen LogP contribution in [-0.4, -0.2) is 17.7 Å². The van der Waals surface area contributed by atoms with E-state index in [0.29, 0.717) is 18.5 Å². The van der Waals surface area contributed by atoms with E-state index in [4.69, 9.17) is 5.26 Å². The number of carbonyl (C=O) groups excluding carboxylic acids is 1. The lowest BCUT2D eigenvalue weighted by Crippen LogP contribution is -2.24. The molecule has 3 aromatic rings. The van der Waals surface area contributed by atoms with Gasteiger partial charge >= 0.3 is 0 Å². The van der Waals surface area contributed by atoms with Gasteiger partial charge in [-0.25, -0.2) is 8.78 Å². The Bertz CT molecular complexity index is 1170. The molecule has 1 heterocycles. The summed E-state index contributed by atoms with van der Waals surface area (Å²) < 4.78 is 26.8. The first-order chi connectivity index (χ1) is 15.0. The molecule has 4 rings (SSSR count). The minimum Gasteiger partial charge on any atom is -0.351 e. The summed E-state index contributed by atoms with van der Waals surface area (Å²) in [6.45, 7) is 0.322. The van der Waals surface area contributed by atoms with Crippen molar-refractivity contribution >= 4 is 17.7 Å². The van der Waals surface area contributed by atoms with Gasteiger partial charge in [-0.2, -0.15) is 5.26 Å². The minimum absolute atomic E-state index is 0.199. The van der Waals surface area contributed by atoms with Crippen LogP contribution in [0.5, 0.6) is 0 Å². The van der Waals surface area contributed by atoms with Crippen LogP contribution in [0.1, 0.15) is 27.9 Å². The van der Waals surface area contributed by atoms with E-state index in [1.807, 2.05) is 36.4 Å². The van der Waals surface area contributed by atoms with E-state index in [1.54, 1.807) is 23.9 Å². The molecule has 6 heteroatoms. The number of nitriles is 1. The van der Waals surface area contributed by atoms with Crippen molar-refractivity contribution in [2.24, 2.45) is 0 Å². The molecule has 3 nitrogen and oxygen atoms in total. The Balaban J connectivity index is 1.54. The number of carbonyl (C=O) groups is 1. The van der Waals surface area contributed by atoms with Gasteiger partial charge in [0, 0.05) is 22.3 Å². The number of rotatable bonds is 6. The smallest absolute Gasteiger partial charge is 0.251 e. The van der Waals surface area contributed by atoms with Gasteiger partial charge in [0.15, 0.2) is 11.6 Å². The largest absolute Gasteiger partial charge is 0.351 e. The van der Waals surface area contributed by atoms with E-state index >= 15 is 0 Å². The predicted molar refractivity (Wildman–Crippen MR) is 118 cm³/mol. The molecule has 3 aromatic carbocycles. The first-order valence-corrected chi connectivity index (χ1v) is 10.9. The summed E-state index contributed by atoms with van der Waals surface area (Å²) in [6, 6.07) is 19.7. The van der Waals surface area contributed by atoms with E-state index in [9.17, 15) is 13.6 Å². The zero-order valence-electron chi connectivity index (χ0n) is 16.7. The Labute approximate surface area is 184 Å². The van der Waals surface area contributed by atoms with E-state index in [-0.39, 0.29) is 17.6 Å². The van der Waals surface area contributed by atoms with Gasteiger partial charge in [-0.15, -0.1) is 11.8 Å². The molecule has 0 aliphatic carbocycles. The summed E-state index contributed by atoms with van der Waals surface area (Å²) in [4.78, 5) is 13.5. The summed E-state index contributed by atoms with van der Waals surface area (Å²) >= 11 is 1.75. The number of fused-ring (bicyclic) bond motifs is 1. The summed E-state index contributed by atoms with van der Waals surface area (Å²) in [6.07, 6.45) is 1.74. The highest BCUT2D eigenvalue weighted by Gasteiger charge is 2.25. The van der Waals surface area contributed by atoms with Crippen molar-refractivity contribution in [1.82, 2.24) is 5.32 Å². The second-order valence-electron chi connectivity index (χ2n) is 7.42. The normalized spacial score (nSPS) is 14.7. The van der Waals surface area contributed by atoms with Crippen LogP contribution >= 0.6 is 11.8 Å². The maximum atomic E-state index is 13.6. The molecular weight excluding hydrogens is 414 g/mol.